The van der Waals surface area contributed by atoms with Crippen LogP contribution in [0.3, 0.4) is 0 Å². The highest BCUT2D eigenvalue weighted by atomic mass is 16.5. The Hall–Kier alpha value is -3.61. The Morgan fingerprint density at radius 3 is 2.57 bits per heavy atom. The van der Waals surface area contributed by atoms with Gasteiger partial charge in [0.25, 0.3) is 0 Å². The summed E-state index contributed by atoms with van der Waals surface area (Å²) in [5.41, 5.74) is 3.21. The van der Waals surface area contributed by atoms with E-state index >= 15 is 0 Å². The van der Waals surface area contributed by atoms with Gasteiger partial charge in [0.2, 0.25) is 5.95 Å². The first-order valence-electron chi connectivity index (χ1n) is 9.88. The highest BCUT2D eigenvalue weighted by Crippen LogP contribution is 2.36. The van der Waals surface area contributed by atoms with Crippen LogP contribution in [0.1, 0.15) is 37.9 Å². The lowest BCUT2D eigenvalue weighted by molar-refractivity contribution is -0.143. The van der Waals surface area contributed by atoms with Crippen LogP contribution in [0, 0.1) is 0 Å². The van der Waals surface area contributed by atoms with Gasteiger partial charge in [0.05, 0.1) is 11.7 Å². The zero-order chi connectivity index (χ0) is 21.1. The van der Waals surface area contributed by atoms with E-state index in [0.29, 0.717) is 23.8 Å². The average molecular weight is 404 g/mol. The van der Waals surface area contributed by atoms with Crippen molar-refractivity contribution in [2.24, 2.45) is 0 Å². The fourth-order valence-corrected chi connectivity index (χ4v) is 3.43. The van der Waals surface area contributed by atoms with Gasteiger partial charge in [-0.2, -0.15) is 10.1 Å². The van der Waals surface area contributed by atoms with Crippen molar-refractivity contribution in [3.8, 4) is 5.75 Å². The van der Waals surface area contributed by atoms with Crippen LogP contribution in [-0.4, -0.2) is 26.8 Å². The molecule has 7 nitrogen and oxygen atoms in total. The summed E-state index contributed by atoms with van der Waals surface area (Å²) in [6, 6.07) is 17.3. The highest BCUT2D eigenvalue weighted by Gasteiger charge is 2.34. The molecule has 0 fully saturated rings. The number of benzene rings is 2. The van der Waals surface area contributed by atoms with E-state index < -0.39 is 6.04 Å². The van der Waals surface area contributed by atoms with Crippen molar-refractivity contribution in [1.82, 2.24) is 14.8 Å². The van der Waals surface area contributed by atoms with Crippen LogP contribution < -0.4 is 10.1 Å². The number of nitrogens with one attached hydrogen (secondary N) is 1. The zero-order valence-electron chi connectivity index (χ0n) is 17.2. The first-order valence-corrected chi connectivity index (χ1v) is 9.88. The molecule has 0 bridgehead atoms. The SMILES string of the molecule is CC1=C(C(=O)OC(C)C)[C@H](c2ccc(OCc3ccccc3)cc2)n2ncnc2N1. The van der Waals surface area contributed by atoms with Crippen molar-refractivity contribution in [2.75, 3.05) is 5.32 Å². The Kier molecular flexibility index (Phi) is 5.52. The lowest BCUT2D eigenvalue weighted by atomic mass is 9.95. The molecule has 1 aliphatic heterocycles. The number of carbonyl (C=O) groups is 1. The number of hydrogen-bond donors (Lipinski definition) is 1. The first-order chi connectivity index (χ1) is 14.5. The van der Waals surface area contributed by atoms with Crippen LogP contribution in [0.2, 0.25) is 0 Å². The van der Waals surface area contributed by atoms with Crippen LogP contribution in [0.25, 0.3) is 0 Å². The van der Waals surface area contributed by atoms with Crippen molar-refractivity contribution in [3.05, 3.63) is 83.3 Å². The van der Waals surface area contributed by atoms with Gasteiger partial charge >= 0.3 is 5.97 Å². The molecular weight excluding hydrogens is 380 g/mol. The average Bonchev–Trinajstić information content (AvgIpc) is 3.20. The summed E-state index contributed by atoms with van der Waals surface area (Å²) in [6.45, 7) is 6.00. The maximum atomic E-state index is 12.9. The van der Waals surface area contributed by atoms with Gasteiger partial charge in [-0.15, -0.1) is 0 Å². The number of allylic oxidation sites excluding steroid dienone is 1. The van der Waals surface area contributed by atoms with Crippen LogP contribution in [0.15, 0.2) is 72.2 Å². The minimum absolute atomic E-state index is 0.218. The summed E-state index contributed by atoms with van der Waals surface area (Å²) in [5, 5.41) is 7.47. The summed E-state index contributed by atoms with van der Waals surface area (Å²) >= 11 is 0. The maximum Gasteiger partial charge on any atom is 0.338 e. The molecule has 0 amide bonds. The van der Waals surface area contributed by atoms with Gasteiger partial charge in [-0.25, -0.2) is 9.48 Å². The number of carbonyl (C=O) groups excluding carboxylic acids is 1. The summed E-state index contributed by atoms with van der Waals surface area (Å²) in [6.07, 6.45) is 1.25. The number of esters is 1. The van der Waals surface area contributed by atoms with E-state index in [0.717, 1.165) is 16.9 Å². The molecule has 2 heterocycles. The smallest absolute Gasteiger partial charge is 0.338 e. The minimum Gasteiger partial charge on any atom is -0.489 e. The second-order valence-electron chi connectivity index (χ2n) is 7.39. The molecule has 4 rings (SSSR count). The van der Waals surface area contributed by atoms with Gasteiger partial charge in [0, 0.05) is 5.70 Å². The van der Waals surface area contributed by atoms with E-state index in [1.165, 1.54) is 6.33 Å². The van der Waals surface area contributed by atoms with Gasteiger partial charge < -0.3 is 14.8 Å². The van der Waals surface area contributed by atoms with Crippen LogP contribution >= 0.6 is 0 Å². The third kappa shape index (κ3) is 4.05. The fraction of sp³-hybridized carbons (Fsp3) is 0.261. The van der Waals surface area contributed by atoms with Gasteiger partial charge in [-0.3, -0.25) is 0 Å². The Bertz CT molecular complexity index is 1060. The molecule has 1 N–H and O–H groups in total. The number of fused-ring (bicyclic) bond motifs is 1. The Morgan fingerprint density at radius 2 is 1.87 bits per heavy atom. The largest absolute Gasteiger partial charge is 0.489 e. The fourth-order valence-electron chi connectivity index (χ4n) is 3.43. The third-order valence-corrected chi connectivity index (χ3v) is 4.80. The van der Waals surface area contributed by atoms with Crippen molar-refractivity contribution >= 4 is 11.9 Å². The summed E-state index contributed by atoms with van der Waals surface area (Å²) in [7, 11) is 0. The lowest BCUT2D eigenvalue weighted by Crippen LogP contribution is -2.30. The summed E-state index contributed by atoms with van der Waals surface area (Å²) in [4.78, 5) is 17.1. The highest BCUT2D eigenvalue weighted by molar-refractivity contribution is 5.92. The molecule has 0 unspecified atom stereocenters. The molecule has 0 aliphatic carbocycles. The number of ether oxygens (including phenoxy) is 2. The van der Waals surface area contributed by atoms with Crippen molar-refractivity contribution in [2.45, 2.75) is 39.5 Å². The number of rotatable bonds is 6. The van der Waals surface area contributed by atoms with E-state index in [9.17, 15) is 4.79 Å². The normalized spacial score (nSPS) is 15.5. The van der Waals surface area contributed by atoms with Crippen molar-refractivity contribution in [3.63, 3.8) is 0 Å². The molecule has 0 saturated heterocycles. The van der Waals surface area contributed by atoms with E-state index in [1.54, 1.807) is 4.68 Å². The molecule has 1 aliphatic rings. The molecule has 0 saturated carbocycles. The first kappa shape index (κ1) is 19.7. The maximum absolute atomic E-state index is 12.9. The molecule has 1 aromatic heterocycles. The van der Waals surface area contributed by atoms with Crippen molar-refractivity contribution < 1.29 is 14.3 Å². The van der Waals surface area contributed by atoms with Crippen LogP contribution in [-0.2, 0) is 16.1 Å². The topological polar surface area (TPSA) is 78.3 Å². The van der Waals surface area contributed by atoms with Crippen LogP contribution in [0.5, 0.6) is 5.75 Å². The predicted molar refractivity (Wildman–Crippen MR) is 113 cm³/mol. The Morgan fingerprint density at radius 1 is 1.13 bits per heavy atom. The third-order valence-electron chi connectivity index (χ3n) is 4.80. The van der Waals surface area contributed by atoms with Gasteiger partial charge in [0.1, 0.15) is 24.7 Å². The monoisotopic (exact) mass is 404 g/mol. The van der Waals surface area contributed by atoms with Crippen molar-refractivity contribution in [1.29, 1.82) is 0 Å². The quantitative estimate of drug-likeness (QED) is 0.623. The molecule has 154 valence electrons. The van der Waals surface area contributed by atoms with E-state index in [-0.39, 0.29) is 12.1 Å². The standard InChI is InChI=1S/C23H24N4O3/c1-15(2)30-22(28)20-16(3)26-23-24-14-25-27(23)21(20)18-9-11-19(12-10-18)29-13-17-7-5-4-6-8-17/h4-12,14-15,21H,13H2,1-3H3,(H,24,25,26)/t21-/m0/s1. The molecule has 1 atom stereocenters. The number of nitrogens with zero attached hydrogens (tertiary/aromatic N) is 3. The lowest BCUT2D eigenvalue weighted by Gasteiger charge is -2.28. The second-order valence-corrected chi connectivity index (χ2v) is 7.39. The van der Waals surface area contributed by atoms with E-state index in [4.69, 9.17) is 9.47 Å². The zero-order valence-corrected chi connectivity index (χ0v) is 17.2. The number of hydrogen-bond acceptors (Lipinski definition) is 6. The summed E-state index contributed by atoms with van der Waals surface area (Å²) < 4.78 is 13.1. The van der Waals surface area contributed by atoms with E-state index in [2.05, 4.69) is 15.4 Å². The number of anilines is 1. The van der Waals surface area contributed by atoms with Gasteiger partial charge in [0.15, 0.2) is 0 Å². The molecule has 30 heavy (non-hydrogen) atoms. The molecule has 2 aromatic carbocycles. The van der Waals surface area contributed by atoms with Gasteiger partial charge in [-0.05, 0) is 44.0 Å². The molecule has 0 spiro atoms. The van der Waals surface area contributed by atoms with E-state index in [1.807, 2.05) is 75.4 Å². The molecular formula is C23H24N4O3. The molecule has 7 heteroatoms. The molecule has 0 radical (unpaired) electrons. The number of aromatic nitrogens is 3. The predicted octanol–water partition coefficient (Wildman–Crippen LogP) is 4.10. The second kappa shape index (κ2) is 8.41. The molecule has 3 aromatic rings. The van der Waals surface area contributed by atoms with Crippen LogP contribution in [0.4, 0.5) is 5.95 Å². The van der Waals surface area contributed by atoms with Gasteiger partial charge in [-0.1, -0.05) is 42.5 Å². The Balaban J connectivity index is 1.61. The Labute approximate surface area is 175 Å². The summed E-state index contributed by atoms with van der Waals surface area (Å²) in [5.74, 6) is 0.968. The minimum atomic E-state index is -0.432.